The molecule has 0 aromatic heterocycles. The fourth-order valence-corrected chi connectivity index (χ4v) is 4.57. The van der Waals surface area contributed by atoms with Gasteiger partial charge >= 0.3 is 0 Å². The molecule has 2 aliphatic rings. The Hall–Kier alpha value is -0.170. The van der Waals surface area contributed by atoms with Crippen LogP contribution in [0.15, 0.2) is 0 Å². The fraction of sp³-hybridized carbons (Fsp3) is 1.00. The molecule has 2 fully saturated rings. The highest BCUT2D eigenvalue weighted by molar-refractivity contribution is 7.89. The maximum Gasteiger partial charge on any atom is 0.215 e. The molecule has 2 heterocycles. The monoisotopic (exact) mass is 275 g/mol. The SMILES string of the molecule is CC1CCCCN1S(=O)(=O)CCN1CCNCC1. The largest absolute Gasteiger partial charge is 0.314 e. The van der Waals surface area contributed by atoms with E-state index in [1.54, 1.807) is 4.31 Å². The highest BCUT2D eigenvalue weighted by atomic mass is 32.2. The van der Waals surface area contributed by atoms with Crippen molar-refractivity contribution >= 4 is 10.0 Å². The van der Waals surface area contributed by atoms with E-state index in [1.807, 2.05) is 6.92 Å². The Bertz CT molecular complexity index is 352. The van der Waals surface area contributed by atoms with E-state index in [-0.39, 0.29) is 11.8 Å². The van der Waals surface area contributed by atoms with E-state index in [2.05, 4.69) is 10.2 Å². The Morgan fingerprint density at radius 1 is 1.17 bits per heavy atom. The van der Waals surface area contributed by atoms with Crippen LogP contribution in [0.2, 0.25) is 0 Å². The zero-order valence-corrected chi connectivity index (χ0v) is 12.1. The van der Waals surface area contributed by atoms with Crippen molar-refractivity contribution in [1.82, 2.24) is 14.5 Å². The van der Waals surface area contributed by atoms with Crippen LogP contribution in [0.5, 0.6) is 0 Å². The molecule has 6 heteroatoms. The minimum absolute atomic E-state index is 0.187. The van der Waals surface area contributed by atoms with Crippen molar-refractivity contribution in [3.8, 4) is 0 Å². The molecule has 18 heavy (non-hydrogen) atoms. The average molecular weight is 275 g/mol. The number of rotatable bonds is 4. The molecule has 0 radical (unpaired) electrons. The van der Waals surface area contributed by atoms with Gasteiger partial charge in [-0.05, 0) is 19.8 Å². The molecule has 0 aromatic carbocycles. The van der Waals surface area contributed by atoms with Gasteiger partial charge in [-0.15, -0.1) is 0 Å². The topological polar surface area (TPSA) is 52.7 Å². The van der Waals surface area contributed by atoms with Gasteiger partial charge in [0.05, 0.1) is 5.75 Å². The Morgan fingerprint density at radius 3 is 2.56 bits per heavy atom. The molecule has 2 aliphatic heterocycles. The molecule has 2 rings (SSSR count). The molecule has 0 spiro atoms. The number of nitrogens with one attached hydrogen (secondary N) is 1. The van der Waals surface area contributed by atoms with Crippen molar-refractivity contribution in [3.05, 3.63) is 0 Å². The quantitative estimate of drug-likeness (QED) is 0.790. The second-order valence-electron chi connectivity index (χ2n) is 5.36. The Labute approximate surface area is 111 Å². The van der Waals surface area contributed by atoms with Gasteiger partial charge in [-0.25, -0.2) is 8.42 Å². The summed E-state index contributed by atoms with van der Waals surface area (Å²) in [4.78, 5) is 2.24. The van der Waals surface area contributed by atoms with Gasteiger partial charge in [0.2, 0.25) is 10.0 Å². The maximum absolute atomic E-state index is 12.3. The summed E-state index contributed by atoms with van der Waals surface area (Å²) in [7, 11) is -3.06. The second-order valence-corrected chi connectivity index (χ2v) is 7.40. The Balaban J connectivity index is 1.85. The number of nitrogens with zero attached hydrogens (tertiary/aromatic N) is 2. The molecule has 106 valence electrons. The third-order valence-electron chi connectivity index (χ3n) is 3.97. The fourth-order valence-electron chi connectivity index (χ4n) is 2.78. The summed E-state index contributed by atoms with van der Waals surface area (Å²) < 4.78 is 26.4. The van der Waals surface area contributed by atoms with Crippen LogP contribution >= 0.6 is 0 Å². The summed E-state index contributed by atoms with van der Waals surface area (Å²) in [6.45, 7) is 7.29. The van der Waals surface area contributed by atoms with Gasteiger partial charge in [-0.3, -0.25) is 4.90 Å². The molecule has 1 unspecified atom stereocenters. The van der Waals surface area contributed by atoms with Gasteiger partial charge in [0.15, 0.2) is 0 Å². The smallest absolute Gasteiger partial charge is 0.215 e. The summed E-state index contributed by atoms with van der Waals surface area (Å²) in [5.41, 5.74) is 0. The van der Waals surface area contributed by atoms with Gasteiger partial charge in [0.1, 0.15) is 0 Å². The van der Waals surface area contributed by atoms with Crippen LogP contribution in [-0.2, 0) is 10.0 Å². The summed E-state index contributed by atoms with van der Waals surface area (Å²) >= 11 is 0. The molecule has 5 nitrogen and oxygen atoms in total. The predicted molar refractivity (Wildman–Crippen MR) is 73.1 cm³/mol. The first kappa shape index (κ1) is 14.2. The minimum Gasteiger partial charge on any atom is -0.314 e. The first-order chi connectivity index (χ1) is 8.59. The van der Waals surface area contributed by atoms with E-state index in [0.717, 1.165) is 45.4 Å². The zero-order chi connectivity index (χ0) is 13.0. The molecule has 1 N–H and O–H groups in total. The van der Waals surface area contributed by atoms with Crippen molar-refractivity contribution in [2.24, 2.45) is 0 Å². The first-order valence-corrected chi connectivity index (χ1v) is 8.63. The third kappa shape index (κ3) is 3.66. The standard InChI is InChI=1S/C12H25N3O2S/c1-12-4-2-3-7-15(12)18(16,17)11-10-14-8-5-13-6-9-14/h12-13H,2-11H2,1H3. The first-order valence-electron chi connectivity index (χ1n) is 7.02. The van der Waals surface area contributed by atoms with E-state index >= 15 is 0 Å². The van der Waals surface area contributed by atoms with Crippen molar-refractivity contribution in [2.75, 3.05) is 45.0 Å². The lowest BCUT2D eigenvalue weighted by molar-refractivity contribution is 0.245. The summed E-state index contributed by atoms with van der Waals surface area (Å²) in [6, 6.07) is 0.187. The summed E-state index contributed by atoms with van der Waals surface area (Å²) in [5.74, 6) is 0.275. The molecule has 0 saturated carbocycles. The average Bonchev–Trinajstić information content (AvgIpc) is 2.38. The van der Waals surface area contributed by atoms with E-state index in [4.69, 9.17) is 0 Å². The van der Waals surface area contributed by atoms with Gasteiger partial charge in [-0.1, -0.05) is 6.42 Å². The number of piperidine rings is 1. The summed E-state index contributed by atoms with van der Waals surface area (Å²) in [6.07, 6.45) is 3.18. The van der Waals surface area contributed by atoms with Crippen LogP contribution in [0, 0.1) is 0 Å². The van der Waals surface area contributed by atoms with Crippen LogP contribution in [-0.4, -0.2) is 68.7 Å². The van der Waals surface area contributed by atoms with Crippen molar-refractivity contribution in [1.29, 1.82) is 0 Å². The highest BCUT2D eigenvalue weighted by Crippen LogP contribution is 2.20. The van der Waals surface area contributed by atoms with E-state index in [1.165, 1.54) is 0 Å². The maximum atomic E-state index is 12.3. The number of sulfonamides is 1. The Morgan fingerprint density at radius 2 is 1.89 bits per heavy atom. The molecule has 0 amide bonds. The molecule has 0 bridgehead atoms. The van der Waals surface area contributed by atoms with Crippen LogP contribution in [0.4, 0.5) is 0 Å². The van der Waals surface area contributed by atoms with E-state index < -0.39 is 10.0 Å². The van der Waals surface area contributed by atoms with Gasteiger partial charge in [-0.2, -0.15) is 4.31 Å². The van der Waals surface area contributed by atoms with Crippen molar-refractivity contribution in [3.63, 3.8) is 0 Å². The molecular weight excluding hydrogens is 250 g/mol. The lowest BCUT2D eigenvalue weighted by Gasteiger charge is -2.33. The third-order valence-corrected chi connectivity index (χ3v) is 5.93. The molecule has 0 aromatic rings. The van der Waals surface area contributed by atoms with Crippen LogP contribution in [0.1, 0.15) is 26.2 Å². The zero-order valence-electron chi connectivity index (χ0n) is 11.3. The lowest BCUT2D eigenvalue weighted by atomic mass is 10.1. The highest BCUT2D eigenvalue weighted by Gasteiger charge is 2.29. The van der Waals surface area contributed by atoms with E-state index in [0.29, 0.717) is 13.1 Å². The van der Waals surface area contributed by atoms with Crippen molar-refractivity contribution < 1.29 is 8.42 Å². The van der Waals surface area contributed by atoms with Crippen LogP contribution in [0.3, 0.4) is 0 Å². The molecular formula is C12H25N3O2S. The van der Waals surface area contributed by atoms with Crippen molar-refractivity contribution in [2.45, 2.75) is 32.2 Å². The minimum atomic E-state index is -3.06. The second kappa shape index (κ2) is 6.32. The lowest BCUT2D eigenvalue weighted by Crippen LogP contribution is -2.48. The van der Waals surface area contributed by atoms with Gasteiger partial charge < -0.3 is 5.32 Å². The Kier molecular flexibility index (Phi) is 5.00. The normalized spacial score (nSPS) is 28.4. The number of hydrogen-bond acceptors (Lipinski definition) is 4. The number of piperazine rings is 1. The predicted octanol–water partition coefficient (Wildman–Crippen LogP) is 0.0958. The number of hydrogen-bond donors (Lipinski definition) is 1. The van der Waals surface area contributed by atoms with E-state index in [9.17, 15) is 8.42 Å². The summed E-state index contributed by atoms with van der Waals surface area (Å²) in [5, 5.41) is 3.28. The van der Waals surface area contributed by atoms with Crippen LogP contribution in [0.25, 0.3) is 0 Å². The van der Waals surface area contributed by atoms with Gasteiger partial charge in [0, 0.05) is 45.3 Å². The van der Waals surface area contributed by atoms with Crippen LogP contribution < -0.4 is 5.32 Å². The van der Waals surface area contributed by atoms with Gasteiger partial charge in [0.25, 0.3) is 0 Å². The molecule has 2 saturated heterocycles. The molecule has 0 aliphatic carbocycles. The molecule has 1 atom stereocenters.